The van der Waals surface area contributed by atoms with E-state index in [9.17, 15) is 0 Å². The molecule has 2 rings (SSSR count). The Bertz CT molecular complexity index is 277. The van der Waals surface area contributed by atoms with E-state index in [-0.39, 0.29) is 0 Å². The van der Waals surface area contributed by atoms with Gasteiger partial charge in [0.25, 0.3) is 0 Å². The van der Waals surface area contributed by atoms with E-state index in [1.165, 1.54) is 25.8 Å². The summed E-state index contributed by atoms with van der Waals surface area (Å²) in [6.45, 7) is 4.48. The first-order valence-corrected chi connectivity index (χ1v) is 6.22. The van der Waals surface area contributed by atoms with E-state index in [0.29, 0.717) is 6.04 Å². The highest BCUT2D eigenvalue weighted by Crippen LogP contribution is 2.07. The molecular weight excluding hydrogens is 200 g/mol. The molecule has 1 aromatic heterocycles. The molecule has 0 aromatic carbocycles. The SMILES string of the molecule is CN(CCn1ccnc1)CC1CCCCN1. The summed E-state index contributed by atoms with van der Waals surface area (Å²) >= 11 is 0. The number of nitrogens with zero attached hydrogens (tertiary/aromatic N) is 3. The number of rotatable bonds is 5. The zero-order valence-corrected chi connectivity index (χ0v) is 10.1. The van der Waals surface area contributed by atoms with Crippen LogP contribution in [0.2, 0.25) is 0 Å². The minimum absolute atomic E-state index is 0.696. The molecule has 0 radical (unpaired) electrons. The third-order valence-corrected chi connectivity index (χ3v) is 3.24. The van der Waals surface area contributed by atoms with Crippen molar-refractivity contribution in [2.75, 3.05) is 26.7 Å². The van der Waals surface area contributed by atoms with Crippen LogP contribution in [-0.4, -0.2) is 47.2 Å². The molecule has 90 valence electrons. The van der Waals surface area contributed by atoms with Gasteiger partial charge in [-0.25, -0.2) is 4.98 Å². The predicted octanol–water partition coefficient (Wildman–Crippen LogP) is 0.957. The molecule has 1 aromatic rings. The van der Waals surface area contributed by atoms with Crippen LogP contribution in [0.5, 0.6) is 0 Å². The molecule has 1 N–H and O–H groups in total. The van der Waals surface area contributed by atoms with Crippen LogP contribution in [0, 0.1) is 0 Å². The lowest BCUT2D eigenvalue weighted by atomic mass is 10.0. The topological polar surface area (TPSA) is 33.1 Å². The predicted molar refractivity (Wildman–Crippen MR) is 65.4 cm³/mol. The van der Waals surface area contributed by atoms with Crippen molar-refractivity contribution in [3.05, 3.63) is 18.7 Å². The number of imidazole rings is 1. The van der Waals surface area contributed by atoms with Crippen LogP contribution in [0.1, 0.15) is 19.3 Å². The van der Waals surface area contributed by atoms with Crippen LogP contribution in [0.4, 0.5) is 0 Å². The van der Waals surface area contributed by atoms with E-state index < -0.39 is 0 Å². The van der Waals surface area contributed by atoms with E-state index in [1.54, 1.807) is 0 Å². The summed E-state index contributed by atoms with van der Waals surface area (Å²) in [5.74, 6) is 0. The summed E-state index contributed by atoms with van der Waals surface area (Å²) in [5, 5.41) is 3.58. The first kappa shape index (κ1) is 11.6. The first-order chi connectivity index (χ1) is 7.84. The molecule has 0 bridgehead atoms. The third-order valence-electron chi connectivity index (χ3n) is 3.24. The molecule has 0 spiro atoms. The lowest BCUT2D eigenvalue weighted by Crippen LogP contribution is -2.43. The van der Waals surface area contributed by atoms with Crippen molar-refractivity contribution in [2.45, 2.75) is 31.8 Å². The van der Waals surface area contributed by atoms with Crippen molar-refractivity contribution in [1.82, 2.24) is 19.8 Å². The summed E-state index contributed by atoms with van der Waals surface area (Å²) in [4.78, 5) is 6.45. The van der Waals surface area contributed by atoms with Gasteiger partial charge in [-0.3, -0.25) is 0 Å². The lowest BCUT2D eigenvalue weighted by Gasteiger charge is -2.28. The van der Waals surface area contributed by atoms with Gasteiger partial charge in [0.1, 0.15) is 0 Å². The Morgan fingerprint density at radius 1 is 1.50 bits per heavy atom. The number of likely N-dealkylation sites (N-methyl/N-ethyl adjacent to an activating group) is 1. The van der Waals surface area contributed by atoms with E-state index in [1.807, 2.05) is 18.7 Å². The molecule has 1 aliphatic heterocycles. The lowest BCUT2D eigenvalue weighted by molar-refractivity contribution is 0.255. The maximum absolute atomic E-state index is 4.05. The van der Waals surface area contributed by atoms with Gasteiger partial charge in [-0.2, -0.15) is 0 Å². The van der Waals surface area contributed by atoms with Gasteiger partial charge < -0.3 is 14.8 Å². The normalized spacial score (nSPS) is 21.5. The van der Waals surface area contributed by atoms with Gasteiger partial charge in [-0.15, -0.1) is 0 Å². The number of aromatic nitrogens is 2. The fourth-order valence-corrected chi connectivity index (χ4v) is 2.25. The van der Waals surface area contributed by atoms with Crippen molar-refractivity contribution in [3.8, 4) is 0 Å². The molecule has 2 heterocycles. The summed E-state index contributed by atoms with van der Waals surface area (Å²) in [7, 11) is 2.20. The second-order valence-corrected chi connectivity index (χ2v) is 4.71. The third kappa shape index (κ3) is 3.61. The van der Waals surface area contributed by atoms with Crippen molar-refractivity contribution in [2.24, 2.45) is 0 Å². The summed E-state index contributed by atoms with van der Waals surface area (Å²) in [6, 6.07) is 0.696. The van der Waals surface area contributed by atoms with Gasteiger partial charge in [0.2, 0.25) is 0 Å². The maximum atomic E-state index is 4.05. The Balaban J connectivity index is 1.65. The van der Waals surface area contributed by atoms with Gasteiger partial charge >= 0.3 is 0 Å². The Morgan fingerprint density at radius 2 is 2.44 bits per heavy atom. The minimum atomic E-state index is 0.696. The van der Waals surface area contributed by atoms with Crippen molar-refractivity contribution >= 4 is 0 Å². The van der Waals surface area contributed by atoms with E-state index >= 15 is 0 Å². The zero-order valence-electron chi connectivity index (χ0n) is 10.1. The zero-order chi connectivity index (χ0) is 11.2. The van der Waals surface area contributed by atoms with Crippen LogP contribution < -0.4 is 5.32 Å². The Morgan fingerprint density at radius 3 is 3.12 bits per heavy atom. The molecule has 0 saturated carbocycles. The smallest absolute Gasteiger partial charge is 0.0946 e. The quantitative estimate of drug-likeness (QED) is 0.805. The average molecular weight is 222 g/mol. The summed E-state index contributed by atoms with van der Waals surface area (Å²) in [5.41, 5.74) is 0. The van der Waals surface area contributed by atoms with Crippen molar-refractivity contribution < 1.29 is 0 Å². The van der Waals surface area contributed by atoms with E-state index in [4.69, 9.17) is 0 Å². The molecule has 1 unspecified atom stereocenters. The number of piperidine rings is 1. The molecule has 1 atom stereocenters. The molecule has 4 heteroatoms. The monoisotopic (exact) mass is 222 g/mol. The highest BCUT2D eigenvalue weighted by molar-refractivity contribution is 4.77. The summed E-state index contributed by atoms with van der Waals surface area (Å²) < 4.78 is 2.13. The minimum Gasteiger partial charge on any atom is -0.336 e. The molecule has 0 aliphatic carbocycles. The Labute approximate surface area is 97.7 Å². The van der Waals surface area contributed by atoms with Gasteiger partial charge in [0.15, 0.2) is 0 Å². The maximum Gasteiger partial charge on any atom is 0.0946 e. The van der Waals surface area contributed by atoms with Crippen LogP contribution in [0.15, 0.2) is 18.7 Å². The number of nitrogens with one attached hydrogen (secondary N) is 1. The molecule has 4 nitrogen and oxygen atoms in total. The van der Waals surface area contributed by atoms with Crippen LogP contribution in [0.3, 0.4) is 0 Å². The fourth-order valence-electron chi connectivity index (χ4n) is 2.25. The van der Waals surface area contributed by atoms with E-state index in [0.717, 1.165) is 19.6 Å². The van der Waals surface area contributed by atoms with Gasteiger partial charge in [-0.1, -0.05) is 6.42 Å². The molecule has 1 aliphatic rings. The Kier molecular flexibility index (Phi) is 4.36. The molecule has 0 amide bonds. The van der Waals surface area contributed by atoms with Gasteiger partial charge in [0.05, 0.1) is 6.33 Å². The highest BCUT2D eigenvalue weighted by atomic mass is 15.2. The fraction of sp³-hybridized carbons (Fsp3) is 0.750. The first-order valence-electron chi connectivity index (χ1n) is 6.22. The molecule has 16 heavy (non-hydrogen) atoms. The summed E-state index contributed by atoms with van der Waals surface area (Å²) in [6.07, 6.45) is 9.79. The second kappa shape index (κ2) is 6.01. The second-order valence-electron chi connectivity index (χ2n) is 4.71. The number of hydrogen-bond donors (Lipinski definition) is 1. The highest BCUT2D eigenvalue weighted by Gasteiger charge is 2.13. The Hall–Kier alpha value is -0.870. The van der Waals surface area contributed by atoms with Gasteiger partial charge in [0, 0.05) is 38.1 Å². The van der Waals surface area contributed by atoms with Crippen LogP contribution >= 0.6 is 0 Å². The average Bonchev–Trinajstić information content (AvgIpc) is 2.81. The molecule has 1 saturated heterocycles. The molecular formula is C12H22N4. The van der Waals surface area contributed by atoms with Gasteiger partial charge in [-0.05, 0) is 26.4 Å². The van der Waals surface area contributed by atoms with Crippen LogP contribution in [-0.2, 0) is 6.54 Å². The standard InChI is InChI=1S/C12H22N4/c1-15(8-9-16-7-6-13-11-16)10-12-4-2-3-5-14-12/h6-7,11-12,14H,2-5,8-10H2,1H3. The van der Waals surface area contributed by atoms with Crippen molar-refractivity contribution in [3.63, 3.8) is 0 Å². The molecule has 1 fully saturated rings. The largest absolute Gasteiger partial charge is 0.336 e. The van der Waals surface area contributed by atoms with Crippen molar-refractivity contribution in [1.29, 1.82) is 0 Å². The van der Waals surface area contributed by atoms with Crippen LogP contribution in [0.25, 0.3) is 0 Å². The van der Waals surface area contributed by atoms with E-state index in [2.05, 4.69) is 26.8 Å². The number of hydrogen-bond acceptors (Lipinski definition) is 3.